The van der Waals surface area contributed by atoms with Crippen LogP contribution in [-0.4, -0.2) is 76.7 Å². The van der Waals surface area contributed by atoms with E-state index in [4.69, 9.17) is 9.47 Å². The number of nitrogens with one attached hydrogen (secondary N) is 1. The smallest absolute Gasteiger partial charge is 0.143 e. The Morgan fingerprint density at radius 1 is 1.08 bits per heavy atom. The Kier molecular flexibility index (Phi) is 6.42. The number of benzene rings is 2. The second-order valence-corrected chi connectivity index (χ2v) is 10.6. The first-order valence-corrected chi connectivity index (χ1v) is 13.8. The summed E-state index contributed by atoms with van der Waals surface area (Å²) in [5, 5.41) is 18.1. The van der Waals surface area contributed by atoms with Gasteiger partial charge in [-0.25, -0.2) is 4.39 Å². The van der Waals surface area contributed by atoms with E-state index in [1.54, 1.807) is 12.3 Å². The first-order chi connectivity index (χ1) is 19.2. The number of hydrogen-bond donors (Lipinski definition) is 2. The molecule has 9 heteroatoms. The summed E-state index contributed by atoms with van der Waals surface area (Å²) in [5.41, 5.74) is 5.36. The van der Waals surface area contributed by atoms with Gasteiger partial charge in [-0.2, -0.15) is 5.10 Å². The number of pyridine rings is 1. The van der Waals surface area contributed by atoms with Crippen molar-refractivity contribution in [1.82, 2.24) is 20.1 Å². The zero-order chi connectivity index (χ0) is 26.3. The molecular weight excluding hydrogens is 497 g/mol. The minimum atomic E-state index is -0.319. The number of aromatic nitrogens is 3. The van der Waals surface area contributed by atoms with Gasteiger partial charge in [-0.15, -0.1) is 0 Å². The van der Waals surface area contributed by atoms with Crippen LogP contribution in [0.15, 0.2) is 48.7 Å². The highest BCUT2D eigenvalue weighted by molar-refractivity contribution is 5.95. The Bertz CT molecular complexity index is 1490. The quantitative estimate of drug-likeness (QED) is 0.408. The second kappa shape index (κ2) is 10.2. The summed E-state index contributed by atoms with van der Waals surface area (Å²) in [7, 11) is 0. The predicted molar refractivity (Wildman–Crippen MR) is 147 cm³/mol. The standard InChI is InChI=1S/C30H32FN5O3/c31-24-4-1-3-20-18-38-11-2-12-39-28-13-19(30-23-14-25(29(20)24)32-15-26(23)33-34-30)5-8-27(28)35-16-21-6-7-22(17-35)36(21)9-10-37/h1,3-5,8,13-15,21-22,37H,2,6-7,9-12,16-18H2,(H,33,34). The normalized spacial score (nSPS) is 21.4. The predicted octanol–water partition coefficient (Wildman–Crippen LogP) is 4.38. The molecule has 3 aliphatic heterocycles. The van der Waals surface area contributed by atoms with Gasteiger partial charge in [0.2, 0.25) is 0 Å². The third-order valence-corrected chi connectivity index (χ3v) is 8.32. The van der Waals surface area contributed by atoms with Crippen LogP contribution < -0.4 is 9.64 Å². The highest BCUT2D eigenvalue weighted by Gasteiger charge is 2.40. The van der Waals surface area contributed by atoms with E-state index < -0.39 is 0 Å². The van der Waals surface area contributed by atoms with Crippen LogP contribution in [0.25, 0.3) is 33.4 Å². The number of aliphatic hydroxyl groups is 1. The average Bonchev–Trinajstić information content (AvgIpc) is 3.46. The lowest BCUT2D eigenvalue weighted by atomic mass is 10.0. The van der Waals surface area contributed by atoms with Crippen molar-refractivity contribution in [2.75, 3.05) is 44.4 Å². The topological polar surface area (TPSA) is 86.7 Å². The van der Waals surface area contributed by atoms with Crippen LogP contribution in [0.2, 0.25) is 0 Å². The third kappa shape index (κ3) is 4.44. The number of halogens is 1. The molecule has 0 amide bonds. The van der Waals surface area contributed by atoms with Gasteiger partial charge in [0.05, 0.1) is 49.5 Å². The number of rotatable bonds is 3. The number of aliphatic hydroxyl groups excluding tert-OH is 1. The van der Waals surface area contributed by atoms with E-state index in [1.165, 1.54) is 6.07 Å². The van der Waals surface area contributed by atoms with Gasteiger partial charge in [-0.1, -0.05) is 18.2 Å². The van der Waals surface area contributed by atoms with Gasteiger partial charge in [0.15, 0.2) is 0 Å². The second-order valence-electron chi connectivity index (χ2n) is 10.6. The molecule has 2 N–H and O–H groups in total. The number of hydrogen-bond acceptors (Lipinski definition) is 7. The fraction of sp³-hybridized carbons (Fsp3) is 0.400. The lowest BCUT2D eigenvalue weighted by Crippen LogP contribution is -2.54. The fourth-order valence-electron chi connectivity index (χ4n) is 6.48. The van der Waals surface area contributed by atoms with Crippen molar-refractivity contribution in [2.45, 2.75) is 38.0 Å². The Labute approximate surface area is 226 Å². The van der Waals surface area contributed by atoms with E-state index in [0.29, 0.717) is 49.6 Å². The van der Waals surface area contributed by atoms with Gasteiger partial charge in [-0.3, -0.25) is 15.0 Å². The molecule has 2 saturated heterocycles. The fourth-order valence-corrected chi connectivity index (χ4v) is 6.48. The Morgan fingerprint density at radius 3 is 2.79 bits per heavy atom. The molecular formula is C30H32FN5O3. The molecule has 0 saturated carbocycles. The van der Waals surface area contributed by atoms with Crippen LogP contribution in [0.5, 0.6) is 5.75 Å². The van der Waals surface area contributed by atoms with Crippen molar-refractivity contribution in [1.29, 1.82) is 0 Å². The van der Waals surface area contributed by atoms with Gasteiger partial charge >= 0.3 is 0 Å². The molecule has 2 fully saturated rings. The number of ether oxygens (including phenoxy) is 2. The van der Waals surface area contributed by atoms with Crippen molar-refractivity contribution in [3.05, 3.63) is 60.0 Å². The molecule has 6 bridgehead atoms. The van der Waals surface area contributed by atoms with Crippen LogP contribution in [-0.2, 0) is 11.3 Å². The SMILES string of the molecule is OCCN1C2CCC1CN(c1ccc3cc1OCCCOCc1cccc(F)c1-c1cc4c-3n[nH]c4cn1)C2. The van der Waals surface area contributed by atoms with Gasteiger partial charge in [0, 0.05) is 54.7 Å². The number of nitrogens with zero attached hydrogens (tertiary/aromatic N) is 4. The third-order valence-electron chi connectivity index (χ3n) is 8.32. The van der Waals surface area contributed by atoms with Crippen LogP contribution in [0.3, 0.4) is 0 Å². The van der Waals surface area contributed by atoms with Crippen molar-refractivity contribution in [2.24, 2.45) is 0 Å². The van der Waals surface area contributed by atoms with Gasteiger partial charge in [0.25, 0.3) is 0 Å². The van der Waals surface area contributed by atoms with Crippen molar-refractivity contribution >= 4 is 16.6 Å². The molecule has 8 nitrogen and oxygen atoms in total. The van der Waals surface area contributed by atoms with Gasteiger partial charge in [-0.05, 0) is 42.7 Å². The number of aromatic amines is 1. The van der Waals surface area contributed by atoms with Gasteiger partial charge in [0.1, 0.15) is 17.3 Å². The summed E-state index contributed by atoms with van der Waals surface area (Å²) in [6.07, 6.45) is 4.74. The number of anilines is 1. The van der Waals surface area contributed by atoms with E-state index in [-0.39, 0.29) is 12.4 Å². The van der Waals surface area contributed by atoms with Crippen molar-refractivity contribution in [3.8, 4) is 28.3 Å². The summed E-state index contributed by atoms with van der Waals surface area (Å²) in [4.78, 5) is 9.46. The Balaban J connectivity index is 1.30. The molecule has 0 spiro atoms. The lowest BCUT2D eigenvalue weighted by Gasteiger charge is -2.42. The molecule has 0 radical (unpaired) electrons. The largest absolute Gasteiger partial charge is 0.491 e. The molecule has 4 aromatic rings. The molecule has 0 aliphatic carbocycles. The molecule has 2 atom stereocenters. The Hall–Kier alpha value is -3.53. The first-order valence-electron chi connectivity index (χ1n) is 13.8. The van der Waals surface area contributed by atoms with Crippen LogP contribution >= 0.6 is 0 Å². The molecule has 3 aliphatic rings. The number of fused-ring (bicyclic) bond motifs is 8. The Morgan fingerprint density at radius 2 is 1.95 bits per heavy atom. The van der Waals surface area contributed by atoms with E-state index in [0.717, 1.165) is 71.6 Å². The molecule has 7 rings (SSSR count). The molecule has 2 aromatic carbocycles. The molecule has 2 aromatic heterocycles. The zero-order valence-electron chi connectivity index (χ0n) is 21.8. The number of piperazine rings is 1. The summed E-state index contributed by atoms with van der Waals surface area (Å²) < 4.78 is 27.4. The van der Waals surface area contributed by atoms with Crippen molar-refractivity contribution in [3.63, 3.8) is 0 Å². The monoisotopic (exact) mass is 529 g/mol. The van der Waals surface area contributed by atoms with Gasteiger partial charge < -0.3 is 19.5 Å². The lowest BCUT2D eigenvalue weighted by molar-refractivity contribution is 0.107. The van der Waals surface area contributed by atoms with Crippen molar-refractivity contribution < 1.29 is 19.0 Å². The highest BCUT2D eigenvalue weighted by atomic mass is 19.1. The van der Waals surface area contributed by atoms with E-state index >= 15 is 4.39 Å². The maximum absolute atomic E-state index is 15.1. The summed E-state index contributed by atoms with van der Waals surface area (Å²) in [6, 6.07) is 14.2. The summed E-state index contributed by atoms with van der Waals surface area (Å²) >= 11 is 0. The zero-order valence-corrected chi connectivity index (χ0v) is 21.8. The molecule has 39 heavy (non-hydrogen) atoms. The number of H-pyrrole nitrogens is 1. The molecule has 2 unspecified atom stereocenters. The summed E-state index contributed by atoms with van der Waals surface area (Å²) in [5.74, 6) is 0.512. The minimum Gasteiger partial charge on any atom is -0.491 e. The van der Waals surface area contributed by atoms with E-state index in [1.807, 2.05) is 12.1 Å². The van der Waals surface area contributed by atoms with Crippen LogP contribution in [0, 0.1) is 5.82 Å². The average molecular weight is 530 g/mol. The maximum Gasteiger partial charge on any atom is 0.143 e. The van der Waals surface area contributed by atoms with E-state index in [2.05, 4.69) is 43.2 Å². The van der Waals surface area contributed by atoms with Crippen LogP contribution in [0.1, 0.15) is 24.8 Å². The highest BCUT2D eigenvalue weighted by Crippen LogP contribution is 2.40. The minimum absolute atomic E-state index is 0.199. The first kappa shape index (κ1) is 24.5. The maximum atomic E-state index is 15.1. The molecule has 5 heterocycles. The van der Waals surface area contributed by atoms with Crippen LogP contribution in [0.4, 0.5) is 10.1 Å². The molecule has 202 valence electrons. The van der Waals surface area contributed by atoms with E-state index in [9.17, 15) is 5.11 Å². The summed E-state index contributed by atoms with van der Waals surface area (Å²) in [6.45, 7) is 4.08.